The molecule has 0 bridgehead atoms. The number of thioether (sulfide) groups is 1. The number of carbonyl (C=O) groups excluding carboxylic acids is 2. The lowest BCUT2D eigenvalue weighted by atomic mass is 10.2. The van der Waals surface area contributed by atoms with E-state index in [1.54, 1.807) is 0 Å². The molecule has 1 saturated heterocycles. The van der Waals surface area contributed by atoms with Crippen molar-refractivity contribution in [3.05, 3.63) is 29.0 Å². The van der Waals surface area contributed by atoms with E-state index in [9.17, 15) is 14.0 Å². The number of hydrogen-bond acceptors (Lipinski definition) is 4. The van der Waals surface area contributed by atoms with Gasteiger partial charge in [-0.25, -0.2) is 4.39 Å². The maximum absolute atomic E-state index is 13.1. The van der Waals surface area contributed by atoms with Crippen molar-refractivity contribution < 1.29 is 14.0 Å². The molecule has 1 aliphatic heterocycles. The molecule has 2 amide bonds. The summed E-state index contributed by atoms with van der Waals surface area (Å²) >= 11 is 6.91. The Kier molecular flexibility index (Phi) is 6.01. The first-order valence-electron chi connectivity index (χ1n) is 7.12. The molecule has 0 aliphatic carbocycles. The molecule has 2 rings (SSSR count). The quantitative estimate of drug-likeness (QED) is 0.850. The molecular formula is C15H17ClFN3O2S. The molecule has 0 unspecified atom stereocenters. The van der Waals surface area contributed by atoms with E-state index in [0.717, 1.165) is 0 Å². The minimum absolute atomic E-state index is 0.00614. The summed E-state index contributed by atoms with van der Waals surface area (Å²) in [6.45, 7) is 4.68. The molecule has 1 aromatic rings. The molecular weight excluding hydrogens is 341 g/mol. The van der Waals surface area contributed by atoms with Crippen LogP contribution < -0.4 is 10.6 Å². The Morgan fingerprint density at radius 2 is 2.26 bits per heavy atom. The summed E-state index contributed by atoms with van der Waals surface area (Å²) in [4.78, 5) is 28.1. The second-order valence-corrected chi connectivity index (χ2v) is 7.12. The topological polar surface area (TPSA) is 70.6 Å². The van der Waals surface area contributed by atoms with Gasteiger partial charge in [0.2, 0.25) is 11.8 Å². The Bertz CT molecular complexity index is 652. The van der Waals surface area contributed by atoms with E-state index >= 15 is 0 Å². The van der Waals surface area contributed by atoms with Gasteiger partial charge in [-0.3, -0.25) is 14.6 Å². The SMILES string of the molecule is CC(C)CN=C1NC(=O)[C@@H](CC(=O)Nc2ccc(F)c(Cl)c2)S1. The average Bonchev–Trinajstić information content (AvgIpc) is 2.81. The van der Waals surface area contributed by atoms with Crippen LogP contribution in [0.5, 0.6) is 0 Å². The van der Waals surface area contributed by atoms with E-state index in [2.05, 4.69) is 15.6 Å². The second kappa shape index (κ2) is 7.79. The fourth-order valence-corrected chi connectivity index (χ4v) is 2.99. The van der Waals surface area contributed by atoms with Crippen molar-refractivity contribution >= 4 is 46.0 Å². The highest BCUT2D eigenvalue weighted by Crippen LogP contribution is 2.24. The number of hydrogen-bond donors (Lipinski definition) is 2. The van der Waals surface area contributed by atoms with Gasteiger partial charge in [-0.1, -0.05) is 37.2 Å². The maximum atomic E-state index is 13.1. The first-order chi connectivity index (χ1) is 10.8. The number of rotatable bonds is 5. The van der Waals surface area contributed by atoms with Crippen molar-refractivity contribution in [3.8, 4) is 0 Å². The van der Waals surface area contributed by atoms with E-state index in [1.807, 2.05) is 13.8 Å². The van der Waals surface area contributed by atoms with E-state index in [4.69, 9.17) is 11.6 Å². The van der Waals surface area contributed by atoms with Gasteiger partial charge in [-0.2, -0.15) is 0 Å². The largest absolute Gasteiger partial charge is 0.326 e. The number of nitrogens with one attached hydrogen (secondary N) is 2. The molecule has 2 N–H and O–H groups in total. The van der Waals surface area contributed by atoms with E-state index in [-0.39, 0.29) is 23.3 Å². The van der Waals surface area contributed by atoms with Gasteiger partial charge in [-0.05, 0) is 24.1 Å². The fourth-order valence-electron chi connectivity index (χ4n) is 1.83. The summed E-state index contributed by atoms with van der Waals surface area (Å²) in [5.74, 6) is -0.734. The smallest absolute Gasteiger partial charge is 0.240 e. The molecule has 0 spiro atoms. The summed E-state index contributed by atoms with van der Waals surface area (Å²) < 4.78 is 13.1. The van der Waals surface area contributed by atoms with Crippen LogP contribution in [0.15, 0.2) is 23.2 Å². The van der Waals surface area contributed by atoms with Crippen LogP contribution in [0.2, 0.25) is 5.02 Å². The van der Waals surface area contributed by atoms with Crippen molar-refractivity contribution in [2.75, 3.05) is 11.9 Å². The van der Waals surface area contributed by atoms with Crippen LogP contribution >= 0.6 is 23.4 Å². The summed E-state index contributed by atoms with van der Waals surface area (Å²) in [7, 11) is 0. The van der Waals surface area contributed by atoms with Gasteiger partial charge in [0.05, 0.1) is 5.02 Å². The predicted octanol–water partition coefficient (Wildman–Crippen LogP) is 3.05. The highest BCUT2D eigenvalue weighted by atomic mass is 35.5. The zero-order chi connectivity index (χ0) is 17.0. The molecule has 1 heterocycles. The Balaban J connectivity index is 1.91. The first kappa shape index (κ1) is 17.7. The van der Waals surface area contributed by atoms with Gasteiger partial charge in [0, 0.05) is 18.7 Å². The molecule has 0 aromatic heterocycles. The molecule has 5 nitrogen and oxygen atoms in total. The van der Waals surface area contributed by atoms with Crippen LogP contribution in [-0.4, -0.2) is 28.8 Å². The highest BCUT2D eigenvalue weighted by Gasteiger charge is 2.32. The van der Waals surface area contributed by atoms with E-state index in [0.29, 0.717) is 23.3 Å². The third-order valence-electron chi connectivity index (χ3n) is 2.95. The monoisotopic (exact) mass is 357 g/mol. The maximum Gasteiger partial charge on any atom is 0.240 e. The van der Waals surface area contributed by atoms with Crippen molar-refractivity contribution in [2.45, 2.75) is 25.5 Å². The molecule has 1 fully saturated rings. The fraction of sp³-hybridized carbons (Fsp3) is 0.400. The van der Waals surface area contributed by atoms with Gasteiger partial charge in [0.15, 0.2) is 5.17 Å². The highest BCUT2D eigenvalue weighted by molar-refractivity contribution is 8.15. The van der Waals surface area contributed by atoms with Crippen molar-refractivity contribution in [3.63, 3.8) is 0 Å². The number of amidine groups is 1. The van der Waals surface area contributed by atoms with Crippen molar-refractivity contribution in [2.24, 2.45) is 10.9 Å². The summed E-state index contributed by atoms with van der Waals surface area (Å²) in [6, 6.07) is 3.91. The predicted molar refractivity (Wildman–Crippen MR) is 91.3 cm³/mol. The van der Waals surface area contributed by atoms with Gasteiger partial charge >= 0.3 is 0 Å². The lowest BCUT2D eigenvalue weighted by molar-refractivity contribution is -0.122. The molecule has 124 valence electrons. The Morgan fingerprint density at radius 3 is 2.91 bits per heavy atom. The number of halogens is 2. The second-order valence-electron chi connectivity index (χ2n) is 5.52. The number of carbonyl (C=O) groups is 2. The molecule has 23 heavy (non-hydrogen) atoms. The average molecular weight is 358 g/mol. The van der Waals surface area contributed by atoms with Crippen molar-refractivity contribution in [1.29, 1.82) is 0 Å². The Morgan fingerprint density at radius 1 is 1.52 bits per heavy atom. The third-order valence-corrected chi connectivity index (χ3v) is 4.36. The zero-order valence-corrected chi connectivity index (χ0v) is 14.3. The molecule has 8 heteroatoms. The van der Waals surface area contributed by atoms with Crippen LogP contribution in [0, 0.1) is 11.7 Å². The zero-order valence-electron chi connectivity index (χ0n) is 12.7. The van der Waals surface area contributed by atoms with Crippen LogP contribution in [0.3, 0.4) is 0 Å². The summed E-state index contributed by atoms with van der Waals surface area (Å²) in [6.07, 6.45) is 0.00614. The Labute approximate surface area is 143 Å². The lowest BCUT2D eigenvalue weighted by Gasteiger charge is -2.08. The van der Waals surface area contributed by atoms with Gasteiger partial charge in [-0.15, -0.1) is 0 Å². The van der Waals surface area contributed by atoms with Crippen LogP contribution in [0.25, 0.3) is 0 Å². The lowest BCUT2D eigenvalue weighted by Crippen LogP contribution is -2.28. The van der Waals surface area contributed by atoms with E-state index in [1.165, 1.54) is 30.0 Å². The van der Waals surface area contributed by atoms with Gasteiger partial charge in [0.25, 0.3) is 0 Å². The molecule has 1 atom stereocenters. The van der Waals surface area contributed by atoms with Gasteiger partial charge in [0.1, 0.15) is 11.1 Å². The molecule has 0 radical (unpaired) electrons. The summed E-state index contributed by atoms with van der Waals surface area (Å²) in [5, 5.41) is 5.23. The third kappa shape index (κ3) is 5.21. The number of amides is 2. The normalized spacial score (nSPS) is 19.3. The minimum Gasteiger partial charge on any atom is -0.326 e. The standard InChI is InChI=1S/C15H17ClFN3O2S/c1-8(2)7-18-15-20-14(22)12(23-15)6-13(21)19-9-3-4-11(17)10(16)5-9/h3-5,8,12H,6-7H2,1-2H3,(H,19,21)(H,18,20,22)/t12-/m1/s1. The number of aliphatic imine (C=N–C) groups is 1. The first-order valence-corrected chi connectivity index (χ1v) is 8.37. The number of benzene rings is 1. The van der Waals surface area contributed by atoms with Gasteiger partial charge < -0.3 is 10.6 Å². The number of anilines is 1. The molecule has 1 aromatic carbocycles. The Hall–Kier alpha value is -1.60. The van der Waals surface area contributed by atoms with E-state index < -0.39 is 11.1 Å². The molecule has 1 aliphatic rings. The number of nitrogens with zero attached hydrogens (tertiary/aromatic N) is 1. The van der Waals surface area contributed by atoms with Crippen LogP contribution in [0.4, 0.5) is 10.1 Å². The summed E-state index contributed by atoms with van der Waals surface area (Å²) in [5.41, 5.74) is 0.388. The minimum atomic E-state index is -0.554. The molecule has 0 saturated carbocycles. The van der Waals surface area contributed by atoms with Crippen LogP contribution in [0.1, 0.15) is 20.3 Å². The van der Waals surface area contributed by atoms with Crippen LogP contribution in [-0.2, 0) is 9.59 Å². The van der Waals surface area contributed by atoms with Crippen molar-refractivity contribution in [1.82, 2.24) is 5.32 Å².